The van der Waals surface area contributed by atoms with Crippen molar-refractivity contribution >= 4 is 5.97 Å². The first kappa shape index (κ1) is 29.8. The van der Waals surface area contributed by atoms with Crippen LogP contribution in [0.1, 0.15) is 73.1 Å². The van der Waals surface area contributed by atoms with E-state index in [1.807, 2.05) is 0 Å². The number of aryl methyl sites for hydroxylation is 1. The molecule has 11 heteroatoms. The highest BCUT2D eigenvalue weighted by Crippen LogP contribution is 2.40. The molecule has 0 bridgehead atoms. The van der Waals surface area contributed by atoms with Crippen molar-refractivity contribution in [2.24, 2.45) is 5.92 Å². The first-order valence-corrected chi connectivity index (χ1v) is 12.4. The van der Waals surface area contributed by atoms with Gasteiger partial charge in [-0.2, -0.15) is 26.3 Å². The second-order valence-corrected chi connectivity index (χ2v) is 9.61. The Hall–Kier alpha value is -2.79. The Kier molecular flexibility index (Phi) is 9.35. The van der Waals surface area contributed by atoms with Crippen LogP contribution in [0.25, 0.3) is 0 Å². The van der Waals surface area contributed by atoms with E-state index in [-0.39, 0.29) is 6.61 Å². The van der Waals surface area contributed by atoms with Gasteiger partial charge in [-0.3, -0.25) is 9.69 Å². The second-order valence-electron chi connectivity index (χ2n) is 9.61. The van der Waals surface area contributed by atoms with Crippen molar-refractivity contribution in [3.05, 3.63) is 64.2 Å². The van der Waals surface area contributed by atoms with Crippen LogP contribution in [0.15, 0.2) is 36.4 Å². The number of ether oxygens (including phenoxy) is 1. The molecule has 210 valence electrons. The van der Waals surface area contributed by atoms with Crippen molar-refractivity contribution in [2.75, 3.05) is 19.7 Å². The quantitative estimate of drug-likeness (QED) is 0.411. The summed E-state index contributed by atoms with van der Waals surface area (Å²) in [6.07, 6.45) is -8.61. The van der Waals surface area contributed by atoms with Gasteiger partial charge in [-0.1, -0.05) is 12.1 Å². The van der Waals surface area contributed by atoms with Crippen molar-refractivity contribution in [1.82, 2.24) is 4.90 Å². The van der Waals surface area contributed by atoms with E-state index in [0.29, 0.717) is 68.3 Å². The minimum absolute atomic E-state index is 0.180. The predicted molar refractivity (Wildman–Crippen MR) is 128 cm³/mol. The third-order valence-electron chi connectivity index (χ3n) is 6.97. The Balaban J connectivity index is 1.81. The Morgan fingerprint density at radius 1 is 0.947 bits per heavy atom. The molecule has 0 aromatic heterocycles. The van der Waals surface area contributed by atoms with Crippen molar-refractivity contribution in [2.45, 2.75) is 64.0 Å². The summed E-state index contributed by atoms with van der Waals surface area (Å²) in [6, 6.07) is 5.64. The van der Waals surface area contributed by atoms with Crippen LogP contribution in [0, 0.1) is 5.92 Å². The van der Waals surface area contributed by atoms with Gasteiger partial charge in [-0.05, 0) is 87.0 Å². The summed E-state index contributed by atoms with van der Waals surface area (Å²) in [5.41, 5.74) is -1.38. The van der Waals surface area contributed by atoms with Crippen LogP contribution < -0.4 is 4.74 Å². The lowest BCUT2D eigenvalue weighted by atomic mass is 9.95. The lowest BCUT2D eigenvalue weighted by molar-refractivity contribution is -0.145. The normalized spacial score (nSPS) is 18.4. The Labute approximate surface area is 217 Å². The van der Waals surface area contributed by atoms with Crippen LogP contribution in [0.4, 0.5) is 26.3 Å². The number of benzene rings is 2. The van der Waals surface area contributed by atoms with E-state index >= 15 is 0 Å². The van der Waals surface area contributed by atoms with Gasteiger partial charge in [0, 0.05) is 12.6 Å². The summed E-state index contributed by atoms with van der Waals surface area (Å²) < 4.78 is 86.9. The average Bonchev–Trinajstić information content (AvgIpc) is 2.89. The standard InChI is InChI=1S/C27H31F6NO4/c1-16(25(36)37)24(35)19-8-7-18-6-3-4-11-34(12-5-13-38-23(18)14-19)17(2)21-15-20(26(28,29)30)9-10-22(21)27(31,32)33/h7-10,14-17,24,35H,3-6,11-13H2,1-2H3,(H,36,37)/t16-,17-,24+/m0/s1. The first-order chi connectivity index (χ1) is 17.7. The summed E-state index contributed by atoms with van der Waals surface area (Å²) in [6.45, 7) is 3.74. The van der Waals surface area contributed by atoms with Crippen molar-refractivity contribution in [3.8, 4) is 5.75 Å². The summed E-state index contributed by atoms with van der Waals surface area (Å²) in [7, 11) is 0. The van der Waals surface area contributed by atoms with Crippen molar-refractivity contribution in [1.29, 1.82) is 0 Å². The highest BCUT2D eigenvalue weighted by molar-refractivity contribution is 5.70. The summed E-state index contributed by atoms with van der Waals surface area (Å²) in [5, 5.41) is 19.6. The van der Waals surface area contributed by atoms with E-state index < -0.39 is 53.1 Å². The zero-order valence-corrected chi connectivity index (χ0v) is 21.1. The second kappa shape index (κ2) is 11.9. The fourth-order valence-electron chi connectivity index (χ4n) is 4.64. The molecule has 5 nitrogen and oxygen atoms in total. The lowest BCUT2D eigenvalue weighted by Gasteiger charge is -2.31. The lowest BCUT2D eigenvalue weighted by Crippen LogP contribution is -2.31. The van der Waals surface area contributed by atoms with Gasteiger partial charge >= 0.3 is 18.3 Å². The molecular formula is C27H31F6NO4. The molecule has 0 saturated heterocycles. The number of aliphatic hydroxyl groups excluding tert-OH is 1. The van der Waals surface area contributed by atoms with Gasteiger partial charge in [-0.15, -0.1) is 0 Å². The van der Waals surface area contributed by atoms with E-state index in [4.69, 9.17) is 4.74 Å². The van der Waals surface area contributed by atoms with Gasteiger partial charge in [0.25, 0.3) is 0 Å². The van der Waals surface area contributed by atoms with Crippen molar-refractivity contribution in [3.63, 3.8) is 0 Å². The van der Waals surface area contributed by atoms with Crippen LogP contribution in [-0.2, 0) is 23.6 Å². The summed E-state index contributed by atoms with van der Waals surface area (Å²) in [4.78, 5) is 13.0. The molecule has 1 aliphatic heterocycles. The van der Waals surface area contributed by atoms with Crippen LogP contribution in [0.3, 0.4) is 0 Å². The van der Waals surface area contributed by atoms with Gasteiger partial charge in [-0.25, -0.2) is 0 Å². The molecule has 0 aliphatic carbocycles. The van der Waals surface area contributed by atoms with Crippen LogP contribution in [0.5, 0.6) is 5.75 Å². The smallest absolute Gasteiger partial charge is 0.416 e. The number of rotatable bonds is 5. The Morgan fingerprint density at radius 2 is 1.63 bits per heavy atom. The number of hydrogen-bond acceptors (Lipinski definition) is 4. The zero-order chi connectivity index (χ0) is 28.3. The highest BCUT2D eigenvalue weighted by atomic mass is 19.4. The molecule has 3 atom stereocenters. The van der Waals surface area contributed by atoms with Crippen LogP contribution in [-0.4, -0.2) is 40.8 Å². The molecule has 2 N–H and O–H groups in total. The van der Waals surface area contributed by atoms with Gasteiger partial charge in [0.05, 0.1) is 29.8 Å². The molecule has 1 heterocycles. The topological polar surface area (TPSA) is 70.0 Å². The Bertz CT molecular complexity index is 1120. The summed E-state index contributed by atoms with van der Waals surface area (Å²) >= 11 is 0. The molecule has 0 radical (unpaired) electrons. The number of alkyl halides is 6. The number of aliphatic carboxylic acids is 1. The number of nitrogens with zero attached hydrogens (tertiary/aromatic N) is 1. The van der Waals surface area contributed by atoms with Crippen molar-refractivity contribution < 1.29 is 46.1 Å². The minimum atomic E-state index is -4.80. The van der Waals surface area contributed by atoms with Gasteiger partial charge in [0.15, 0.2) is 0 Å². The third-order valence-corrected chi connectivity index (χ3v) is 6.97. The maximum atomic E-state index is 13.7. The van der Waals surface area contributed by atoms with Gasteiger partial charge in [0.2, 0.25) is 0 Å². The SMILES string of the molecule is C[C@H](C(=O)O)[C@@H](O)c1ccc2c(c1)OCCCN([C@@H](C)c1cc(C(F)(F)F)ccc1C(F)(F)F)CCCC2. The highest BCUT2D eigenvalue weighted by Gasteiger charge is 2.38. The number of carboxylic acids is 1. The van der Waals surface area contributed by atoms with Crippen LogP contribution >= 0.6 is 0 Å². The van der Waals surface area contributed by atoms with Crippen LogP contribution in [0.2, 0.25) is 0 Å². The molecule has 38 heavy (non-hydrogen) atoms. The maximum absolute atomic E-state index is 13.7. The van der Waals surface area contributed by atoms with E-state index in [0.717, 1.165) is 5.56 Å². The Morgan fingerprint density at radius 3 is 2.26 bits per heavy atom. The van der Waals surface area contributed by atoms with Gasteiger partial charge < -0.3 is 14.9 Å². The maximum Gasteiger partial charge on any atom is 0.416 e. The molecule has 0 fully saturated rings. The molecule has 1 aliphatic rings. The van der Waals surface area contributed by atoms with E-state index in [1.165, 1.54) is 13.8 Å². The molecule has 0 spiro atoms. The average molecular weight is 548 g/mol. The minimum Gasteiger partial charge on any atom is -0.493 e. The number of hydrogen-bond donors (Lipinski definition) is 2. The van der Waals surface area contributed by atoms with E-state index in [2.05, 4.69) is 0 Å². The zero-order valence-electron chi connectivity index (χ0n) is 21.1. The summed E-state index contributed by atoms with van der Waals surface area (Å²) in [5.74, 6) is -1.67. The van der Waals surface area contributed by atoms with Gasteiger partial charge in [0.1, 0.15) is 5.75 Å². The molecule has 2 aromatic carbocycles. The number of halogens is 6. The molecule has 0 saturated carbocycles. The predicted octanol–water partition coefficient (Wildman–Crippen LogP) is 6.65. The number of aliphatic hydroxyl groups is 1. The molecule has 2 aromatic rings. The number of fused-ring (bicyclic) bond motifs is 1. The number of carbonyl (C=O) groups is 1. The molecule has 0 amide bonds. The largest absolute Gasteiger partial charge is 0.493 e. The molecule has 0 unspecified atom stereocenters. The van der Waals surface area contributed by atoms with E-state index in [1.54, 1.807) is 23.1 Å². The fourth-order valence-corrected chi connectivity index (χ4v) is 4.64. The van der Waals surface area contributed by atoms with E-state index in [9.17, 15) is 41.4 Å². The fraction of sp³-hybridized carbons (Fsp3) is 0.519. The number of carboxylic acid groups (broad SMARTS) is 1. The molecular weight excluding hydrogens is 516 g/mol. The molecule has 3 rings (SSSR count). The monoisotopic (exact) mass is 547 g/mol. The first-order valence-electron chi connectivity index (χ1n) is 12.4. The third kappa shape index (κ3) is 7.19.